The van der Waals surface area contributed by atoms with Crippen LogP contribution in [0.2, 0.25) is 0 Å². The molecule has 1 aromatic heterocycles. The lowest BCUT2D eigenvalue weighted by atomic mass is 9.93. The maximum Gasteiger partial charge on any atom is 0.309 e. The third-order valence-electron chi connectivity index (χ3n) is 10.0. The van der Waals surface area contributed by atoms with Gasteiger partial charge in [0.05, 0.1) is 17.7 Å². The number of hydrogen-bond acceptors (Lipinski definition) is 7. The van der Waals surface area contributed by atoms with Crippen LogP contribution < -0.4 is 9.64 Å². The van der Waals surface area contributed by atoms with E-state index in [1.807, 2.05) is 31.2 Å². The van der Waals surface area contributed by atoms with Crippen LogP contribution in [-0.2, 0) is 33.7 Å². The van der Waals surface area contributed by atoms with Gasteiger partial charge >= 0.3 is 5.97 Å². The molecule has 240 valence electrons. The van der Waals surface area contributed by atoms with Gasteiger partial charge in [-0.25, -0.2) is 4.98 Å². The molecular formula is C37H47N3O5. The second-order valence-corrected chi connectivity index (χ2v) is 12.7. The molecule has 2 aromatic carbocycles. The van der Waals surface area contributed by atoms with Gasteiger partial charge < -0.3 is 24.2 Å². The molecule has 0 spiro atoms. The Morgan fingerprint density at radius 2 is 1.80 bits per heavy atom. The van der Waals surface area contributed by atoms with Gasteiger partial charge in [-0.2, -0.15) is 0 Å². The maximum absolute atomic E-state index is 11.8. The number of carboxylic acids is 1. The quantitative estimate of drug-likeness (QED) is 0.322. The fourth-order valence-electron chi connectivity index (χ4n) is 7.38. The molecule has 0 radical (unpaired) electrons. The predicted molar refractivity (Wildman–Crippen MR) is 176 cm³/mol. The Morgan fingerprint density at radius 1 is 1.00 bits per heavy atom. The Hall–Kier alpha value is -3.46. The van der Waals surface area contributed by atoms with Gasteiger partial charge in [0.25, 0.3) is 0 Å². The molecule has 2 atom stereocenters. The van der Waals surface area contributed by atoms with Crippen LogP contribution in [0.5, 0.6) is 5.75 Å². The van der Waals surface area contributed by atoms with Gasteiger partial charge in [-0.05, 0) is 98.9 Å². The van der Waals surface area contributed by atoms with Crippen LogP contribution in [-0.4, -0.2) is 79.1 Å². The minimum absolute atomic E-state index is 0.362. The Morgan fingerprint density at radius 3 is 2.60 bits per heavy atom. The van der Waals surface area contributed by atoms with Crippen molar-refractivity contribution in [3.8, 4) is 17.0 Å². The van der Waals surface area contributed by atoms with Crippen molar-refractivity contribution in [1.82, 2.24) is 9.88 Å². The first-order chi connectivity index (χ1) is 21.9. The van der Waals surface area contributed by atoms with Crippen LogP contribution >= 0.6 is 0 Å². The van der Waals surface area contributed by atoms with E-state index in [1.54, 1.807) is 0 Å². The highest BCUT2D eigenvalue weighted by Crippen LogP contribution is 2.35. The number of aryl methyl sites for hydroxylation is 1. The summed E-state index contributed by atoms with van der Waals surface area (Å²) in [5, 5.41) is 9.69. The van der Waals surface area contributed by atoms with Crippen LogP contribution in [0.25, 0.3) is 11.3 Å². The van der Waals surface area contributed by atoms with E-state index in [-0.39, 0.29) is 6.10 Å². The number of aromatic nitrogens is 1. The summed E-state index contributed by atoms with van der Waals surface area (Å²) in [6.45, 7) is 12.4. The molecule has 0 aliphatic carbocycles. The van der Waals surface area contributed by atoms with Gasteiger partial charge in [0.15, 0.2) is 0 Å². The lowest BCUT2D eigenvalue weighted by molar-refractivity contribution is -0.148. The van der Waals surface area contributed by atoms with E-state index >= 15 is 0 Å². The molecular weight excluding hydrogens is 566 g/mol. The molecule has 8 nitrogen and oxygen atoms in total. The first-order valence-electron chi connectivity index (χ1n) is 16.6. The van der Waals surface area contributed by atoms with Gasteiger partial charge in [-0.1, -0.05) is 30.3 Å². The predicted octanol–water partition coefficient (Wildman–Crippen LogP) is 5.84. The van der Waals surface area contributed by atoms with Gasteiger partial charge in [-0.3, -0.25) is 9.69 Å². The van der Waals surface area contributed by atoms with Crippen LogP contribution in [0.1, 0.15) is 54.0 Å². The summed E-state index contributed by atoms with van der Waals surface area (Å²) in [6, 6.07) is 17.5. The van der Waals surface area contributed by atoms with Crippen molar-refractivity contribution in [2.24, 2.45) is 5.92 Å². The molecule has 0 amide bonds. The number of fused-ring (bicyclic) bond motifs is 1. The normalized spacial score (nSPS) is 21.3. The maximum atomic E-state index is 11.8. The number of hydrogen-bond donors (Lipinski definition) is 1. The van der Waals surface area contributed by atoms with E-state index in [4.69, 9.17) is 19.2 Å². The third-order valence-corrected chi connectivity index (χ3v) is 10.0. The zero-order valence-corrected chi connectivity index (χ0v) is 27.0. The van der Waals surface area contributed by atoms with E-state index < -0.39 is 11.9 Å². The number of para-hydroxylation sites is 1. The summed E-state index contributed by atoms with van der Waals surface area (Å²) in [5.74, 6) is 0.380. The van der Waals surface area contributed by atoms with E-state index in [2.05, 4.69) is 47.9 Å². The second-order valence-electron chi connectivity index (χ2n) is 12.7. The molecule has 3 aliphatic rings. The van der Waals surface area contributed by atoms with Crippen LogP contribution in [0, 0.1) is 19.8 Å². The zero-order chi connectivity index (χ0) is 31.3. The van der Waals surface area contributed by atoms with Crippen LogP contribution in [0.15, 0.2) is 48.5 Å². The van der Waals surface area contributed by atoms with Crippen molar-refractivity contribution < 1.29 is 24.1 Å². The summed E-state index contributed by atoms with van der Waals surface area (Å²) < 4.78 is 18.1. The Balaban J connectivity index is 1.18. The molecule has 3 aromatic rings. The third kappa shape index (κ3) is 7.03. The molecule has 2 saturated heterocycles. The number of piperidine rings is 1. The fourth-order valence-corrected chi connectivity index (χ4v) is 7.38. The number of carbonyl (C=O) groups is 1. The van der Waals surface area contributed by atoms with Crippen molar-refractivity contribution in [2.45, 2.75) is 71.6 Å². The molecule has 45 heavy (non-hydrogen) atoms. The molecule has 1 N–H and O–H groups in total. The van der Waals surface area contributed by atoms with Crippen molar-refractivity contribution in [3.05, 3.63) is 76.3 Å². The van der Waals surface area contributed by atoms with Gasteiger partial charge in [0.2, 0.25) is 0 Å². The lowest BCUT2D eigenvalue weighted by Gasteiger charge is -2.37. The number of anilines is 1. The highest BCUT2D eigenvalue weighted by atomic mass is 16.5. The molecule has 6 rings (SSSR count). The first kappa shape index (κ1) is 31.5. The van der Waals surface area contributed by atoms with E-state index in [9.17, 15) is 9.90 Å². The topological polar surface area (TPSA) is 84.4 Å². The molecule has 8 heteroatoms. The van der Waals surface area contributed by atoms with Crippen molar-refractivity contribution in [3.63, 3.8) is 0 Å². The SMILES string of the molecule is CCO[C@@H]1CN(c2cccc(-c3cccc(C)c3OCc3ccc4c(c3C)CCN(C3CCOCC3)CC4)n2)CC[C@@H]1C(=O)O. The van der Waals surface area contributed by atoms with E-state index in [0.29, 0.717) is 38.8 Å². The first-order valence-corrected chi connectivity index (χ1v) is 16.6. The molecule has 0 saturated carbocycles. The summed E-state index contributed by atoms with van der Waals surface area (Å²) in [5.41, 5.74) is 8.41. The molecule has 0 bridgehead atoms. The van der Waals surface area contributed by atoms with Crippen molar-refractivity contribution in [2.75, 3.05) is 50.9 Å². The number of ether oxygens (including phenoxy) is 3. The zero-order valence-electron chi connectivity index (χ0n) is 27.0. The van der Waals surface area contributed by atoms with E-state index in [0.717, 1.165) is 80.4 Å². The second kappa shape index (κ2) is 14.3. The number of carboxylic acid groups (broad SMARTS) is 1. The number of benzene rings is 2. The monoisotopic (exact) mass is 613 g/mol. The number of rotatable bonds is 9. The minimum atomic E-state index is -0.793. The summed E-state index contributed by atoms with van der Waals surface area (Å²) in [7, 11) is 0. The van der Waals surface area contributed by atoms with Crippen molar-refractivity contribution >= 4 is 11.8 Å². The Kier molecular flexibility index (Phi) is 10.0. The van der Waals surface area contributed by atoms with Gasteiger partial charge in [-0.15, -0.1) is 0 Å². The number of aliphatic carboxylic acids is 1. The average molecular weight is 614 g/mol. The van der Waals surface area contributed by atoms with E-state index in [1.165, 1.54) is 22.3 Å². The number of pyridine rings is 1. The Labute approximate surface area is 267 Å². The summed E-state index contributed by atoms with van der Waals surface area (Å²) in [4.78, 5) is 21.7. The Bertz CT molecular complexity index is 1490. The minimum Gasteiger partial charge on any atom is -0.488 e. The fraction of sp³-hybridized carbons (Fsp3) is 0.514. The molecule has 2 fully saturated rings. The summed E-state index contributed by atoms with van der Waals surface area (Å²) in [6.07, 6.45) is 4.62. The van der Waals surface area contributed by atoms with Crippen LogP contribution in [0.3, 0.4) is 0 Å². The molecule has 3 aliphatic heterocycles. The average Bonchev–Trinajstić information content (AvgIpc) is 3.29. The standard InChI is InChI=1S/C37H47N3O5/c1-4-44-34-23-40(20-15-32(34)37(41)42)35-10-6-9-33(38-35)31-8-5-7-25(2)36(31)45-24-28-12-11-27-13-18-39(19-14-30(27)26(28)3)29-16-21-43-22-17-29/h5-12,29,32,34H,4,13-24H2,1-3H3,(H,41,42)/t32-,34+/m0/s1. The largest absolute Gasteiger partial charge is 0.488 e. The van der Waals surface area contributed by atoms with Crippen LogP contribution in [0.4, 0.5) is 5.82 Å². The van der Waals surface area contributed by atoms with Gasteiger partial charge in [0.1, 0.15) is 18.2 Å². The van der Waals surface area contributed by atoms with Crippen molar-refractivity contribution in [1.29, 1.82) is 0 Å². The highest BCUT2D eigenvalue weighted by Gasteiger charge is 2.35. The smallest absolute Gasteiger partial charge is 0.309 e. The van der Waals surface area contributed by atoms with Gasteiger partial charge in [0, 0.05) is 57.6 Å². The molecule has 0 unspecified atom stereocenters. The summed E-state index contributed by atoms with van der Waals surface area (Å²) >= 11 is 0. The molecule has 4 heterocycles. The number of nitrogens with zero attached hydrogens (tertiary/aromatic N) is 3. The lowest BCUT2D eigenvalue weighted by Crippen LogP contribution is -2.48. The highest BCUT2D eigenvalue weighted by molar-refractivity contribution is 5.72.